The molecule has 1 N–H and O–H groups in total. The summed E-state index contributed by atoms with van der Waals surface area (Å²) < 4.78 is 0. The predicted octanol–water partition coefficient (Wildman–Crippen LogP) is 2.79. The van der Waals surface area contributed by atoms with E-state index in [1.165, 1.54) is 4.88 Å². The molecule has 90 valence electrons. The van der Waals surface area contributed by atoms with Gasteiger partial charge in [-0.1, -0.05) is 6.07 Å². The Labute approximate surface area is 105 Å². The maximum absolute atomic E-state index is 9.72. The van der Waals surface area contributed by atoms with Gasteiger partial charge in [0, 0.05) is 23.7 Å². The molecule has 0 aromatic carbocycles. The highest BCUT2D eigenvalue weighted by Crippen LogP contribution is 2.18. The minimum Gasteiger partial charge on any atom is -0.506 e. The zero-order chi connectivity index (χ0) is 12.3. The average molecular weight is 248 g/mol. The van der Waals surface area contributed by atoms with Crippen molar-refractivity contribution in [2.75, 3.05) is 7.05 Å². The van der Waals surface area contributed by atoms with E-state index >= 15 is 0 Å². The van der Waals surface area contributed by atoms with E-state index in [2.05, 4.69) is 27.4 Å². The van der Waals surface area contributed by atoms with Crippen molar-refractivity contribution >= 4 is 11.3 Å². The lowest BCUT2D eigenvalue weighted by Crippen LogP contribution is -2.17. The number of aromatic hydroxyl groups is 1. The minimum atomic E-state index is 0.272. The lowest BCUT2D eigenvalue weighted by Gasteiger charge is -2.16. The Morgan fingerprint density at radius 2 is 2.12 bits per heavy atom. The summed E-state index contributed by atoms with van der Waals surface area (Å²) in [5.41, 5.74) is 1.67. The first-order valence-electron chi connectivity index (χ1n) is 5.51. The SMILES string of the molecule is Cc1ccc(O)c(CN(C)Cc2cccs2)n1. The molecule has 3 nitrogen and oxygen atoms in total. The highest BCUT2D eigenvalue weighted by molar-refractivity contribution is 7.09. The Kier molecular flexibility index (Phi) is 3.76. The van der Waals surface area contributed by atoms with E-state index in [-0.39, 0.29) is 5.75 Å². The molecule has 0 atom stereocenters. The number of aryl methyl sites for hydroxylation is 1. The Balaban J connectivity index is 2.02. The summed E-state index contributed by atoms with van der Waals surface area (Å²) in [6.07, 6.45) is 0. The van der Waals surface area contributed by atoms with Crippen molar-refractivity contribution < 1.29 is 5.11 Å². The van der Waals surface area contributed by atoms with Crippen molar-refractivity contribution in [3.05, 3.63) is 45.9 Å². The lowest BCUT2D eigenvalue weighted by atomic mass is 10.2. The van der Waals surface area contributed by atoms with E-state index in [1.807, 2.05) is 20.0 Å². The van der Waals surface area contributed by atoms with Crippen LogP contribution >= 0.6 is 11.3 Å². The summed E-state index contributed by atoms with van der Waals surface area (Å²) in [5, 5.41) is 11.8. The van der Waals surface area contributed by atoms with Crippen molar-refractivity contribution in [2.45, 2.75) is 20.0 Å². The molecular weight excluding hydrogens is 232 g/mol. The van der Waals surface area contributed by atoms with Gasteiger partial charge in [-0.3, -0.25) is 9.88 Å². The first-order valence-corrected chi connectivity index (χ1v) is 6.39. The second-order valence-corrected chi connectivity index (χ2v) is 5.20. The summed E-state index contributed by atoms with van der Waals surface area (Å²) in [4.78, 5) is 7.82. The van der Waals surface area contributed by atoms with Crippen LogP contribution in [0.2, 0.25) is 0 Å². The molecule has 0 aliphatic carbocycles. The molecule has 0 amide bonds. The van der Waals surface area contributed by atoms with Crippen LogP contribution in [0.5, 0.6) is 5.75 Å². The molecule has 0 bridgehead atoms. The van der Waals surface area contributed by atoms with Crippen molar-refractivity contribution in [1.82, 2.24) is 9.88 Å². The van der Waals surface area contributed by atoms with Gasteiger partial charge in [-0.05, 0) is 37.6 Å². The van der Waals surface area contributed by atoms with Crippen LogP contribution in [0.15, 0.2) is 29.6 Å². The summed E-state index contributed by atoms with van der Waals surface area (Å²) >= 11 is 1.74. The van der Waals surface area contributed by atoms with Gasteiger partial charge in [-0.2, -0.15) is 0 Å². The van der Waals surface area contributed by atoms with Gasteiger partial charge in [0.05, 0.1) is 5.69 Å². The maximum atomic E-state index is 9.72. The van der Waals surface area contributed by atoms with E-state index < -0.39 is 0 Å². The largest absolute Gasteiger partial charge is 0.506 e. The van der Waals surface area contributed by atoms with Crippen LogP contribution in [-0.4, -0.2) is 22.0 Å². The van der Waals surface area contributed by atoms with Crippen molar-refractivity contribution in [2.24, 2.45) is 0 Å². The molecule has 0 unspecified atom stereocenters. The quantitative estimate of drug-likeness (QED) is 0.904. The summed E-state index contributed by atoms with van der Waals surface area (Å²) in [7, 11) is 2.03. The van der Waals surface area contributed by atoms with E-state index in [1.54, 1.807) is 17.4 Å². The monoisotopic (exact) mass is 248 g/mol. The van der Waals surface area contributed by atoms with Gasteiger partial charge in [0.15, 0.2) is 0 Å². The van der Waals surface area contributed by atoms with Gasteiger partial charge in [0.2, 0.25) is 0 Å². The molecule has 2 aromatic rings. The topological polar surface area (TPSA) is 36.4 Å². The highest BCUT2D eigenvalue weighted by atomic mass is 32.1. The number of rotatable bonds is 4. The zero-order valence-electron chi connectivity index (χ0n) is 10.1. The van der Waals surface area contributed by atoms with E-state index in [0.29, 0.717) is 6.54 Å². The van der Waals surface area contributed by atoms with Gasteiger partial charge < -0.3 is 5.11 Å². The Bertz CT molecular complexity index is 482. The molecule has 4 heteroatoms. The highest BCUT2D eigenvalue weighted by Gasteiger charge is 2.07. The standard InChI is InChI=1S/C13H16N2OS/c1-10-5-6-13(16)12(14-10)9-15(2)8-11-4-3-7-17-11/h3-7,16H,8-9H2,1-2H3. The van der Waals surface area contributed by atoms with E-state index in [9.17, 15) is 5.11 Å². The second kappa shape index (κ2) is 5.29. The molecule has 0 saturated heterocycles. The fraction of sp³-hybridized carbons (Fsp3) is 0.308. The average Bonchev–Trinajstić information content (AvgIpc) is 2.76. The second-order valence-electron chi connectivity index (χ2n) is 4.17. The molecule has 0 fully saturated rings. The molecular formula is C13H16N2OS. The van der Waals surface area contributed by atoms with E-state index in [4.69, 9.17) is 0 Å². The molecule has 17 heavy (non-hydrogen) atoms. The summed E-state index contributed by atoms with van der Waals surface area (Å²) in [6.45, 7) is 3.47. The molecule has 0 aliphatic rings. The molecule has 0 spiro atoms. The Morgan fingerprint density at radius 3 is 2.82 bits per heavy atom. The maximum Gasteiger partial charge on any atom is 0.138 e. The molecule has 2 heterocycles. The predicted molar refractivity (Wildman–Crippen MR) is 70.1 cm³/mol. The van der Waals surface area contributed by atoms with Crippen LogP contribution in [0.3, 0.4) is 0 Å². The van der Waals surface area contributed by atoms with Gasteiger partial charge in [0.25, 0.3) is 0 Å². The third-order valence-electron chi connectivity index (χ3n) is 2.51. The van der Waals surface area contributed by atoms with Crippen LogP contribution in [0.4, 0.5) is 0 Å². The van der Waals surface area contributed by atoms with Gasteiger partial charge >= 0.3 is 0 Å². The Morgan fingerprint density at radius 1 is 1.29 bits per heavy atom. The molecule has 0 aliphatic heterocycles. The first-order chi connectivity index (χ1) is 8.15. The van der Waals surface area contributed by atoms with Crippen LogP contribution in [0.25, 0.3) is 0 Å². The molecule has 0 radical (unpaired) electrons. The zero-order valence-corrected chi connectivity index (χ0v) is 10.9. The van der Waals surface area contributed by atoms with E-state index in [0.717, 1.165) is 17.9 Å². The van der Waals surface area contributed by atoms with Crippen molar-refractivity contribution in [3.63, 3.8) is 0 Å². The van der Waals surface area contributed by atoms with Crippen LogP contribution < -0.4 is 0 Å². The third-order valence-corrected chi connectivity index (χ3v) is 3.38. The third kappa shape index (κ3) is 3.28. The molecule has 2 aromatic heterocycles. The number of hydrogen-bond donors (Lipinski definition) is 1. The van der Waals surface area contributed by atoms with Gasteiger partial charge in [-0.25, -0.2) is 0 Å². The summed E-state index contributed by atoms with van der Waals surface area (Å²) in [5.74, 6) is 0.272. The normalized spacial score (nSPS) is 11.0. The lowest BCUT2D eigenvalue weighted by molar-refractivity contribution is 0.310. The number of thiophene rings is 1. The fourth-order valence-corrected chi connectivity index (χ4v) is 2.48. The van der Waals surface area contributed by atoms with Crippen LogP contribution in [0.1, 0.15) is 16.3 Å². The van der Waals surface area contributed by atoms with Crippen molar-refractivity contribution in [1.29, 1.82) is 0 Å². The fourth-order valence-electron chi connectivity index (χ4n) is 1.70. The minimum absolute atomic E-state index is 0.272. The van der Waals surface area contributed by atoms with Gasteiger partial charge in [0.1, 0.15) is 5.75 Å². The van der Waals surface area contributed by atoms with Crippen molar-refractivity contribution in [3.8, 4) is 5.75 Å². The smallest absolute Gasteiger partial charge is 0.138 e. The van der Waals surface area contributed by atoms with Gasteiger partial charge in [-0.15, -0.1) is 11.3 Å². The molecule has 0 saturated carbocycles. The first kappa shape index (κ1) is 12.1. The Hall–Kier alpha value is -1.39. The number of pyridine rings is 1. The van der Waals surface area contributed by atoms with Crippen LogP contribution in [0, 0.1) is 6.92 Å². The number of nitrogens with zero attached hydrogens (tertiary/aromatic N) is 2. The molecule has 2 rings (SSSR count). The number of aromatic nitrogens is 1. The summed E-state index contributed by atoms with van der Waals surface area (Å²) in [6, 6.07) is 7.69. The van der Waals surface area contributed by atoms with Crippen LogP contribution in [-0.2, 0) is 13.1 Å². The number of hydrogen-bond acceptors (Lipinski definition) is 4.